The second-order valence-corrected chi connectivity index (χ2v) is 6.47. The van der Waals surface area contributed by atoms with Crippen LogP contribution < -0.4 is 10.5 Å². The molecule has 2 aromatic carbocycles. The van der Waals surface area contributed by atoms with Crippen molar-refractivity contribution in [3.8, 4) is 11.5 Å². The SMILES string of the molecule is CSc1ccc(Oc2ccc(CN)cc2CN(C)C)cc1C. The van der Waals surface area contributed by atoms with E-state index in [1.165, 1.54) is 10.5 Å². The molecule has 2 aromatic rings. The van der Waals surface area contributed by atoms with Crippen LogP contribution in [0.5, 0.6) is 11.5 Å². The first kappa shape index (κ1) is 16.9. The predicted octanol–water partition coefficient (Wildman–Crippen LogP) is 4.03. The zero-order chi connectivity index (χ0) is 16.1. The third-order valence-electron chi connectivity index (χ3n) is 3.44. The van der Waals surface area contributed by atoms with Gasteiger partial charge in [-0.2, -0.15) is 0 Å². The third kappa shape index (κ3) is 4.26. The minimum absolute atomic E-state index is 0.544. The first-order chi connectivity index (χ1) is 10.5. The van der Waals surface area contributed by atoms with Crippen molar-refractivity contribution >= 4 is 11.8 Å². The normalized spacial score (nSPS) is 11.0. The number of thioether (sulfide) groups is 1. The highest BCUT2D eigenvalue weighted by molar-refractivity contribution is 7.98. The van der Waals surface area contributed by atoms with Gasteiger partial charge >= 0.3 is 0 Å². The summed E-state index contributed by atoms with van der Waals surface area (Å²) in [4.78, 5) is 3.41. The molecule has 0 aliphatic heterocycles. The summed E-state index contributed by atoms with van der Waals surface area (Å²) in [5, 5.41) is 0. The lowest BCUT2D eigenvalue weighted by Crippen LogP contribution is -2.12. The van der Waals surface area contributed by atoms with E-state index < -0.39 is 0 Å². The average molecular weight is 316 g/mol. The molecular weight excluding hydrogens is 292 g/mol. The van der Waals surface area contributed by atoms with Gasteiger partial charge in [0.25, 0.3) is 0 Å². The molecular formula is C18H24N2OS. The first-order valence-electron chi connectivity index (χ1n) is 7.32. The van der Waals surface area contributed by atoms with Gasteiger partial charge in [-0.15, -0.1) is 11.8 Å². The molecule has 0 saturated carbocycles. The summed E-state index contributed by atoms with van der Waals surface area (Å²) >= 11 is 1.75. The lowest BCUT2D eigenvalue weighted by molar-refractivity contribution is 0.388. The van der Waals surface area contributed by atoms with E-state index in [0.29, 0.717) is 6.54 Å². The van der Waals surface area contributed by atoms with E-state index in [4.69, 9.17) is 10.5 Å². The molecule has 0 unspecified atom stereocenters. The minimum atomic E-state index is 0.544. The molecule has 0 atom stereocenters. The molecule has 0 aromatic heterocycles. The van der Waals surface area contributed by atoms with E-state index >= 15 is 0 Å². The van der Waals surface area contributed by atoms with Crippen molar-refractivity contribution < 1.29 is 4.74 Å². The van der Waals surface area contributed by atoms with Crippen molar-refractivity contribution in [2.24, 2.45) is 5.73 Å². The van der Waals surface area contributed by atoms with Gasteiger partial charge in [-0.1, -0.05) is 6.07 Å². The Hall–Kier alpha value is -1.49. The van der Waals surface area contributed by atoms with Crippen molar-refractivity contribution in [1.29, 1.82) is 0 Å². The molecule has 22 heavy (non-hydrogen) atoms. The molecule has 0 heterocycles. The van der Waals surface area contributed by atoms with Crippen LogP contribution in [-0.2, 0) is 13.1 Å². The second kappa shape index (κ2) is 7.68. The average Bonchev–Trinajstić information content (AvgIpc) is 2.48. The lowest BCUT2D eigenvalue weighted by Gasteiger charge is -2.16. The van der Waals surface area contributed by atoms with E-state index in [-0.39, 0.29) is 0 Å². The van der Waals surface area contributed by atoms with E-state index in [9.17, 15) is 0 Å². The molecule has 2 rings (SSSR count). The van der Waals surface area contributed by atoms with Crippen LogP contribution in [0.4, 0.5) is 0 Å². The third-order valence-corrected chi connectivity index (χ3v) is 4.34. The van der Waals surface area contributed by atoms with Gasteiger partial charge in [0.1, 0.15) is 11.5 Å². The zero-order valence-electron chi connectivity index (χ0n) is 13.7. The topological polar surface area (TPSA) is 38.5 Å². The van der Waals surface area contributed by atoms with Gasteiger partial charge in [0.15, 0.2) is 0 Å². The van der Waals surface area contributed by atoms with Crippen molar-refractivity contribution in [1.82, 2.24) is 4.90 Å². The highest BCUT2D eigenvalue weighted by atomic mass is 32.2. The molecule has 0 amide bonds. The number of aryl methyl sites for hydroxylation is 1. The molecule has 118 valence electrons. The van der Waals surface area contributed by atoms with E-state index in [0.717, 1.165) is 29.2 Å². The largest absolute Gasteiger partial charge is 0.457 e. The fraction of sp³-hybridized carbons (Fsp3) is 0.333. The summed E-state index contributed by atoms with van der Waals surface area (Å²) in [6, 6.07) is 12.4. The summed E-state index contributed by atoms with van der Waals surface area (Å²) in [6.45, 7) is 3.48. The standard InChI is InChI=1S/C18H24N2OS/c1-13-9-16(6-8-18(13)22-4)21-17-7-5-14(11-19)10-15(17)12-20(2)3/h5-10H,11-12,19H2,1-4H3. The van der Waals surface area contributed by atoms with E-state index in [1.54, 1.807) is 11.8 Å². The summed E-state index contributed by atoms with van der Waals surface area (Å²) in [6.07, 6.45) is 2.09. The van der Waals surface area contributed by atoms with Crippen LogP contribution in [0, 0.1) is 6.92 Å². The van der Waals surface area contributed by atoms with Crippen LogP contribution in [-0.4, -0.2) is 25.3 Å². The van der Waals surface area contributed by atoms with Crippen LogP contribution in [0.3, 0.4) is 0 Å². The number of nitrogens with zero attached hydrogens (tertiary/aromatic N) is 1. The van der Waals surface area contributed by atoms with Gasteiger partial charge in [-0.25, -0.2) is 0 Å². The molecule has 0 saturated heterocycles. The van der Waals surface area contributed by atoms with E-state index in [2.05, 4.69) is 50.4 Å². The van der Waals surface area contributed by atoms with Crippen LogP contribution in [0.2, 0.25) is 0 Å². The lowest BCUT2D eigenvalue weighted by atomic mass is 10.1. The van der Waals surface area contributed by atoms with Gasteiger partial charge in [-0.05, 0) is 68.7 Å². The van der Waals surface area contributed by atoms with Crippen molar-refractivity contribution in [2.75, 3.05) is 20.4 Å². The predicted molar refractivity (Wildman–Crippen MR) is 94.8 cm³/mol. The van der Waals surface area contributed by atoms with Crippen molar-refractivity contribution in [3.63, 3.8) is 0 Å². The highest BCUT2D eigenvalue weighted by Gasteiger charge is 2.08. The Morgan fingerprint density at radius 2 is 1.91 bits per heavy atom. The molecule has 3 nitrogen and oxygen atoms in total. The van der Waals surface area contributed by atoms with Crippen molar-refractivity contribution in [3.05, 3.63) is 53.1 Å². The maximum Gasteiger partial charge on any atom is 0.131 e. The first-order valence-corrected chi connectivity index (χ1v) is 8.55. The molecule has 0 aliphatic rings. The van der Waals surface area contributed by atoms with E-state index in [1.807, 2.05) is 18.2 Å². The van der Waals surface area contributed by atoms with Crippen molar-refractivity contribution in [2.45, 2.75) is 24.9 Å². The molecule has 4 heteroatoms. The Labute approximate surface area is 137 Å². The number of hydrogen-bond donors (Lipinski definition) is 1. The quantitative estimate of drug-likeness (QED) is 0.817. The summed E-state index contributed by atoms with van der Waals surface area (Å²) in [5.41, 5.74) is 9.26. The molecule has 0 aliphatic carbocycles. The van der Waals surface area contributed by atoms with Crippen LogP contribution in [0.25, 0.3) is 0 Å². The fourth-order valence-electron chi connectivity index (χ4n) is 2.36. The molecule has 0 spiro atoms. The van der Waals surface area contributed by atoms with Gasteiger partial charge in [0.05, 0.1) is 0 Å². The Balaban J connectivity index is 2.29. The van der Waals surface area contributed by atoms with Gasteiger partial charge in [0.2, 0.25) is 0 Å². The number of nitrogens with two attached hydrogens (primary N) is 1. The van der Waals surface area contributed by atoms with Gasteiger partial charge < -0.3 is 15.4 Å². The molecule has 0 fully saturated rings. The smallest absolute Gasteiger partial charge is 0.131 e. The highest BCUT2D eigenvalue weighted by Crippen LogP contribution is 2.30. The number of benzene rings is 2. The van der Waals surface area contributed by atoms with Crippen LogP contribution >= 0.6 is 11.8 Å². The Morgan fingerprint density at radius 3 is 2.50 bits per heavy atom. The zero-order valence-corrected chi connectivity index (χ0v) is 14.5. The van der Waals surface area contributed by atoms with Crippen LogP contribution in [0.15, 0.2) is 41.3 Å². The summed E-state index contributed by atoms with van der Waals surface area (Å²) < 4.78 is 6.11. The van der Waals surface area contributed by atoms with Crippen LogP contribution in [0.1, 0.15) is 16.7 Å². The summed E-state index contributed by atoms with van der Waals surface area (Å²) in [7, 11) is 4.10. The molecule has 0 radical (unpaired) electrons. The number of rotatable bonds is 6. The maximum atomic E-state index is 6.11. The monoisotopic (exact) mass is 316 g/mol. The Morgan fingerprint density at radius 1 is 1.14 bits per heavy atom. The Bertz CT molecular complexity index is 641. The summed E-state index contributed by atoms with van der Waals surface area (Å²) in [5.74, 6) is 1.76. The van der Waals surface area contributed by atoms with Gasteiger partial charge in [0, 0.05) is 23.5 Å². The van der Waals surface area contributed by atoms with Gasteiger partial charge in [-0.3, -0.25) is 0 Å². The number of hydrogen-bond acceptors (Lipinski definition) is 4. The second-order valence-electron chi connectivity index (χ2n) is 5.62. The number of ether oxygens (including phenoxy) is 1. The minimum Gasteiger partial charge on any atom is -0.457 e. The molecule has 0 bridgehead atoms. The Kier molecular flexibility index (Phi) is 5.89. The maximum absolute atomic E-state index is 6.11. The molecule has 2 N–H and O–H groups in total. The fourth-order valence-corrected chi connectivity index (χ4v) is 2.95.